The van der Waals surface area contributed by atoms with Crippen molar-refractivity contribution in [1.29, 1.82) is 0 Å². The smallest absolute Gasteiger partial charge is 0.358 e. The molecule has 1 heterocycles. The Kier molecular flexibility index (Phi) is 4.09. The largest absolute Gasteiger partial charge is 0.497 e. The Bertz CT molecular complexity index is 609. The minimum atomic E-state index is -1.12. The van der Waals surface area contributed by atoms with Gasteiger partial charge in [-0.05, 0) is 12.1 Å². The lowest BCUT2D eigenvalue weighted by Gasteiger charge is -2.11. The van der Waals surface area contributed by atoms with Gasteiger partial charge in [-0.3, -0.25) is 0 Å². The Morgan fingerprint density at radius 3 is 2.75 bits per heavy atom. The van der Waals surface area contributed by atoms with Crippen molar-refractivity contribution < 1.29 is 23.9 Å². The minimum absolute atomic E-state index is 0.122. The van der Waals surface area contributed by atoms with Gasteiger partial charge in [-0.15, -0.1) is 0 Å². The fourth-order valence-corrected chi connectivity index (χ4v) is 1.62. The number of aromatic carboxylic acids is 1. The monoisotopic (exact) mass is 278 g/mol. The van der Waals surface area contributed by atoms with Crippen LogP contribution in [-0.4, -0.2) is 30.5 Å². The highest BCUT2D eigenvalue weighted by Crippen LogP contribution is 2.29. The maximum absolute atomic E-state index is 10.7. The highest BCUT2D eigenvalue weighted by molar-refractivity contribution is 5.85. The first-order chi connectivity index (χ1) is 9.63. The third-order valence-corrected chi connectivity index (χ3v) is 2.64. The van der Waals surface area contributed by atoms with E-state index in [1.807, 2.05) is 0 Å². The van der Waals surface area contributed by atoms with E-state index >= 15 is 0 Å². The molecule has 0 unspecified atom stereocenters. The van der Waals surface area contributed by atoms with Gasteiger partial charge in [0.15, 0.2) is 11.5 Å². The average molecular weight is 278 g/mol. The third kappa shape index (κ3) is 3.00. The topological polar surface area (TPSA) is 93.8 Å². The molecule has 0 saturated carbocycles. The first kappa shape index (κ1) is 13.7. The number of benzene rings is 1. The lowest BCUT2D eigenvalue weighted by atomic mass is 10.2. The van der Waals surface area contributed by atoms with Gasteiger partial charge in [-0.2, -0.15) is 0 Å². The zero-order chi connectivity index (χ0) is 14.5. The van der Waals surface area contributed by atoms with Crippen LogP contribution in [0.2, 0.25) is 0 Å². The van der Waals surface area contributed by atoms with Gasteiger partial charge in [0.2, 0.25) is 0 Å². The molecule has 1 aromatic heterocycles. The van der Waals surface area contributed by atoms with Crippen LogP contribution in [0.25, 0.3) is 0 Å². The van der Waals surface area contributed by atoms with Gasteiger partial charge in [-0.25, -0.2) is 4.79 Å². The Labute approximate surface area is 115 Å². The third-order valence-electron chi connectivity index (χ3n) is 2.64. The van der Waals surface area contributed by atoms with Crippen LogP contribution in [0, 0.1) is 0 Å². The summed E-state index contributed by atoms with van der Waals surface area (Å²) in [5.74, 6) is 0.588. The molecule has 2 aromatic rings. The molecule has 0 atom stereocenters. The molecular weight excluding hydrogens is 264 g/mol. The number of aromatic nitrogens is 1. The summed E-state index contributed by atoms with van der Waals surface area (Å²) in [5.41, 5.74) is 0.616. The van der Waals surface area contributed by atoms with E-state index in [9.17, 15) is 4.79 Å². The number of nitrogens with zero attached hydrogens (tertiary/aromatic N) is 1. The minimum Gasteiger partial charge on any atom is -0.497 e. The molecule has 0 spiro atoms. The van der Waals surface area contributed by atoms with Crippen LogP contribution in [-0.2, 0) is 6.54 Å². The molecule has 0 bridgehead atoms. The zero-order valence-corrected chi connectivity index (χ0v) is 11.0. The van der Waals surface area contributed by atoms with Crippen molar-refractivity contribution in [3.63, 3.8) is 0 Å². The van der Waals surface area contributed by atoms with E-state index in [0.717, 1.165) is 5.69 Å². The molecule has 7 nitrogen and oxygen atoms in total. The van der Waals surface area contributed by atoms with Crippen molar-refractivity contribution in [2.75, 3.05) is 19.5 Å². The number of hydrogen-bond donors (Lipinski definition) is 2. The molecule has 2 rings (SSSR count). The van der Waals surface area contributed by atoms with E-state index in [0.29, 0.717) is 23.8 Å². The SMILES string of the molecule is COc1ccc(NCc2cc(C(=O)O)no2)c(OC)c1. The molecule has 0 radical (unpaired) electrons. The van der Waals surface area contributed by atoms with Crippen molar-refractivity contribution in [2.24, 2.45) is 0 Å². The summed E-state index contributed by atoms with van der Waals surface area (Å²) >= 11 is 0. The van der Waals surface area contributed by atoms with Crippen LogP contribution in [0.3, 0.4) is 0 Å². The maximum atomic E-state index is 10.7. The first-order valence-electron chi connectivity index (χ1n) is 5.79. The number of rotatable bonds is 6. The van der Waals surface area contributed by atoms with Crippen LogP contribution in [0.1, 0.15) is 16.2 Å². The number of nitrogens with one attached hydrogen (secondary N) is 1. The summed E-state index contributed by atoms with van der Waals surface area (Å²) in [5, 5.41) is 15.3. The first-order valence-corrected chi connectivity index (χ1v) is 5.79. The van der Waals surface area contributed by atoms with Crippen LogP contribution in [0.5, 0.6) is 11.5 Å². The lowest BCUT2D eigenvalue weighted by Crippen LogP contribution is -2.01. The number of anilines is 1. The molecule has 0 aliphatic rings. The summed E-state index contributed by atoms with van der Waals surface area (Å²) in [4.78, 5) is 10.7. The highest BCUT2D eigenvalue weighted by Gasteiger charge is 2.11. The molecule has 0 fully saturated rings. The summed E-state index contributed by atoms with van der Waals surface area (Å²) < 4.78 is 15.2. The molecule has 0 aliphatic heterocycles. The van der Waals surface area contributed by atoms with Crippen molar-refractivity contribution in [2.45, 2.75) is 6.54 Å². The summed E-state index contributed by atoms with van der Waals surface area (Å²) in [7, 11) is 3.13. The molecular formula is C13H14N2O5. The summed E-state index contributed by atoms with van der Waals surface area (Å²) in [6.07, 6.45) is 0. The summed E-state index contributed by atoms with van der Waals surface area (Å²) in [6, 6.07) is 6.69. The predicted molar refractivity (Wildman–Crippen MR) is 70.3 cm³/mol. The Morgan fingerprint density at radius 1 is 1.35 bits per heavy atom. The standard InChI is InChI=1S/C13H14N2O5/c1-18-8-3-4-10(12(6-8)19-2)14-7-9-5-11(13(16)17)15-20-9/h3-6,14H,7H2,1-2H3,(H,16,17). The van der Waals surface area contributed by atoms with Crippen molar-refractivity contribution >= 4 is 11.7 Å². The molecule has 7 heteroatoms. The van der Waals surface area contributed by atoms with Gasteiger partial charge in [0, 0.05) is 12.1 Å². The van der Waals surface area contributed by atoms with Crippen LogP contribution < -0.4 is 14.8 Å². The van der Waals surface area contributed by atoms with Crippen LogP contribution in [0.15, 0.2) is 28.8 Å². The number of ether oxygens (including phenoxy) is 2. The molecule has 0 aliphatic carbocycles. The Morgan fingerprint density at radius 2 is 2.15 bits per heavy atom. The quantitative estimate of drug-likeness (QED) is 0.834. The number of carboxylic acid groups (broad SMARTS) is 1. The molecule has 1 aromatic carbocycles. The van der Waals surface area contributed by atoms with E-state index in [-0.39, 0.29) is 5.69 Å². The second kappa shape index (κ2) is 5.96. The van der Waals surface area contributed by atoms with Gasteiger partial charge in [-0.1, -0.05) is 5.16 Å². The molecule has 0 amide bonds. The van der Waals surface area contributed by atoms with Gasteiger partial charge in [0.1, 0.15) is 11.5 Å². The van der Waals surface area contributed by atoms with Gasteiger partial charge < -0.3 is 24.4 Å². The van der Waals surface area contributed by atoms with Crippen molar-refractivity contribution in [1.82, 2.24) is 5.16 Å². The average Bonchev–Trinajstić information content (AvgIpc) is 2.94. The highest BCUT2D eigenvalue weighted by atomic mass is 16.5. The van der Waals surface area contributed by atoms with E-state index in [4.69, 9.17) is 19.1 Å². The van der Waals surface area contributed by atoms with Crippen LogP contribution >= 0.6 is 0 Å². The van der Waals surface area contributed by atoms with E-state index in [2.05, 4.69) is 10.5 Å². The van der Waals surface area contributed by atoms with Crippen molar-refractivity contribution in [3.05, 3.63) is 35.7 Å². The number of hydrogen-bond acceptors (Lipinski definition) is 6. The molecule has 20 heavy (non-hydrogen) atoms. The number of carbonyl (C=O) groups is 1. The Hall–Kier alpha value is -2.70. The zero-order valence-electron chi connectivity index (χ0n) is 11.0. The fraction of sp³-hybridized carbons (Fsp3) is 0.231. The second-order valence-electron chi connectivity index (χ2n) is 3.90. The Balaban J connectivity index is 2.07. The molecule has 106 valence electrons. The second-order valence-corrected chi connectivity index (χ2v) is 3.90. The van der Waals surface area contributed by atoms with E-state index in [1.165, 1.54) is 6.07 Å². The lowest BCUT2D eigenvalue weighted by molar-refractivity contribution is 0.0685. The van der Waals surface area contributed by atoms with Crippen LogP contribution in [0.4, 0.5) is 5.69 Å². The number of carboxylic acids is 1. The number of methoxy groups -OCH3 is 2. The normalized spacial score (nSPS) is 10.1. The van der Waals surface area contributed by atoms with Crippen molar-refractivity contribution in [3.8, 4) is 11.5 Å². The van der Waals surface area contributed by atoms with E-state index in [1.54, 1.807) is 32.4 Å². The fourth-order valence-electron chi connectivity index (χ4n) is 1.62. The maximum Gasteiger partial charge on any atom is 0.358 e. The predicted octanol–water partition coefficient (Wildman–Crippen LogP) is 2.00. The summed E-state index contributed by atoms with van der Waals surface area (Å²) in [6.45, 7) is 0.295. The van der Waals surface area contributed by atoms with Gasteiger partial charge in [0.25, 0.3) is 0 Å². The van der Waals surface area contributed by atoms with Gasteiger partial charge in [0.05, 0.1) is 26.5 Å². The molecule has 0 saturated heterocycles. The van der Waals surface area contributed by atoms with Gasteiger partial charge >= 0.3 is 5.97 Å². The molecule has 2 N–H and O–H groups in total. The van der Waals surface area contributed by atoms with E-state index < -0.39 is 5.97 Å².